The zero-order valence-electron chi connectivity index (χ0n) is 7.83. The number of methoxy groups -OCH3 is 1. The largest absolute Gasteiger partial charge is 0.466 e. The molecule has 0 aliphatic rings. The minimum atomic E-state index is -1.75. The number of carbonyl (C=O) groups is 1. The van der Waals surface area contributed by atoms with Crippen molar-refractivity contribution in [2.24, 2.45) is 0 Å². The lowest BCUT2D eigenvalue weighted by Crippen LogP contribution is -2.34. The van der Waals surface area contributed by atoms with Crippen LogP contribution in [-0.4, -0.2) is 35.5 Å². The second-order valence-corrected chi connectivity index (χ2v) is 2.69. The Kier molecular flexibility index (Phi) is 5.12. The van der Waals surface area contributed by atoms with Crippen molar-refractivity contribution in [3.63, 3.8) is 0 Å². The first kappa shape index (κ1) is 11.9. The smallest absolute Gasteiger partial charge is 0.350 e. The van der Waals surface area contributed by atoms with Gasteiger partial charge >= 0.3 is 5.97 Å². The number of unbranched alkanes of at least 4 members (excludes halogenated alkanes) is 1. The van der Waals surface area contributed by atoms with Crippen molar-refractivity contribution in [3.8, 4) is 11.8 Å². The highest BCUT2D eigenvalue weighted by Crippen LogP contribution is 2.03. The van der Waals surface area contributed by atoms with Gasteiger partial charge in [0.25, 0.3) is 0 Å². The van der Waals surface area contributed by atoms with E-state index in [0.717, 1.165) is 0 Å². The normalized spacial score (nSPS) is 13.8. The number of hydrogen-bond donors (Lipinski definition) is 2. The molecule has 0 radical (unpaired) electrons. The maximum absolute atomic E-state index is 10.9. The Morgan fingerprint density at radius 3 is 2.69 bits per heavy atom. The molecule has 0 heterocycles. The van der Waals surface area contributed by atoms with Gasteiger partial charge in [0.05, 0.1) is 7.11 Å². The lowest BCUT2D eigenvalue weighted by atomic mass is 10.1. The number of rotatable bonds is 3. The molecule has 0 amide bonds. The fourth-order valence-corrected chi connectivity index (χ4v) is 0.652. The number of aliphatic hydroxyl groups excluding tert-OH is 1. The van der Waals surface area contributed by atoms with Crippen LogP contribution in [0.5, 0.6) is 0 Å². The van der Waals surface area contributed by atoms with Crippen LogP contribution in [0.25, 0.3) is 0 Å². The minimum Gasteiger partial charge on any atom is -0.466 e. The van der Waals surface area contributed by atoms with Crippen LogP contribution >= 0.6 is 0 Å². The van der Waals surface area contributed by atoms with E-state index in [9.17, 15) is 9.90 Å². The van der Waals surface area contributed by atoms with E-state index in [4.69, 9.17) is 5.11 Å². The molecule has 0 aromatic carbocycles. The molecule has 4 heteroatoms. The van der Waals surface area contributed by atoms with Crippen molar-refractivity contribution < 1.29 is 19.7 Å². The Morgan fingerprint density at radius 1 is 1.62 bits per heavy atom. The summed E-state index contributed by atoms with van der Waals surface area (Å²) in [7, 11) is 1.19. The van der Waals surface area contributed by atoms with Gasteiger partial charge in [0.1, 0.15) is 0 Å². The van der Waals surface area contributed by atoms with Crippen LogP contribution in [0.1, 0.15) is 19.8 Å². The molecule has 0 aliphatic heterocycles. The van der Waals surface area contributed by atoms with E-state index in [1.54, 1.807) is 0 Å². The summed E-state index contributed by atoms with van der Waals surface area (Å²) in [4.78, 5) is 10.9. The van der Waals surface area contributed by atoms with Gasteiger partial charge in [-0.05, 0) is 13.3 Å². The summed E-state index contributed by atoms with van der Waals surface area (Å²) in [6.07, 6.45) is 0.980. The van der Waals surface area contributed by atoms with Crippen molar-refractivity contribution in [1.82, 2.24) is 0 Å². The fourth-order valence-electron chi connectivity index (χ4n) is 0.652. The fraction of sp³-hybridized carbons (Fsp3) is 0.667. The molecule has 0 bridgehead atoms. The van der Waals surface area contributed by atoms with Gasteiger partial charge in [-0.25, -0.2) is 4.79 Å². The monoisotopic (exact) mass is 186 g/mol. The average Bonchev–Trinajstić information content (AvgIpc) is 2.11. The predicted octanol–water partition coefficient (Wildman–Crippen LogP) is -0.314. The van der Waals surface area contributed by atoms with Gasteiger partial charge in [-0.1, -0.05) is 11.8 Å². The van der Waals surface area contributed by atoms with Crippen molar-refractivity contribution in [2.45, 2.75) is 25.4 Å². The van der Waals surface area contributed by atoms with E-state index in [-0.39, 0.29) is 6.61 Å². The molecule has 0 saturated heterocycles. The second kappa shape index (κ2) is 5.57. The van der Waals surface area contributed by atoms with E-state index in [2.05, 4.69) is 16.6 Å². The summed E-state index contributed by atoms with van der Waals surface area (Å²) in [5.74, 6) is 4.17. The van der Waals surface area contributed by atoms with Crippen molar-refractivity contribution in [2.75, 3.05) is 13.7 Å². The average molecular weight is 186 g/mol. The molecular weight excluding hydrogens is 172 g/mol. The van der Waals surface area contributed by atoms with E-state index < -0.39 is 11.6 Å². The molecule has 0 aromatic rings. The quantitative estimate of drug-likeness (QED) is 0.360. The molecule has 0 aliphatic carbocycles. The third-order valence-corrected chi connectivity index (χ3v) is 1.37. The van der Waals surface area contributed by atoms with Crippen molar-refractivity contribution in [3.05, 3.63) is 0 Å². The zero-order chi connectivity index (χ0) is 10.3. The van der Waals surface area contributed by atoms with Crippen LogP contribution in [0.3, 0.4) is 0 Å². The van der Waals surface area contributed by atoms with Gasteiger partial charge < -0.3 is 14.9 Å². The van der Waals surface area contributed by atoms with Gasteiger partial charge in [-0.15, -0.1) is 0 Å². The lowest BCUT2D eigenvalue weighted by molar-refractivity contribution is -0.154. The number of aliphatic hydroxyl groups is 2. The summed E-state index contributed by atoms with van der Waals surface area (Å²) in [6.45, 7) is 1.32. The number of hydrogen-bond acceptors (Lipinski definition) is 4. The van der Waals surface area contributed by atoms with Crippen molar-refractivity contribution in [1.29, 1.82) is 0 Å². The first-order valence-electron chi connectivity index (χ1n) is 3.96. The van der Waals surface area contributed by atoms with Crippen molar-refractivity contribution >= 4 is 5.97 Å². The minimum absolute atomic E-state index is 0.0506. The van der Waals surface area contributed by atoms with Crippen LogP contribution in [0.4, 0.5) is 0 Å². The zero-order valence-corrected chi connectivity index (χ0v) is 7.83. The van der Waals surface area contributed by atoms with E-state index in [1.807, 2.05) is 0 Å². The Hall–Kier alpha value is -1.05. The van der Waals surface area contributed by atoms with E-state index >= 15 is 0 Å². The van der Waals surface area contributed by atoms with Gasteiger partial charge in [0, 0.05) is 13.0 Å². The van der Waals surface area contributed by atoms with E-state index in [0.29, 0.717) is 12.8 Å². The Balaban J connectivity index is 4.12. The number of esters is 1. The summed E-state index contributed by atoms with van der Waals surface area (Å²) < 4.78 is 4.33. The maximum Gasteiger partial charge on any atom is 0.350 e. The second-order valence-electron chi connectivity index (χ2n) is 2.69. The van der Waals surface area contributed by atoms with Gasteiger partial charge in [0.15, 0.2) is 0 Å². The molecule has 74 valence electrons. The van der Waals surface area contributed by atoms with Gasteiger partial charge in [-0.3, -0.25) is 0 Å². The molecule has 0 spiro atoms. The molecule has 4 nitrogen and oxygen atoms in total. The Bertz CT molecular complexity index is 222. The van der Waals surface area contributed by atoms with Crippen LogP contribution < -0.4 is 0 Å². The van der Waals surface area contributed by atoms with Crippen LogP contribution in [0.15, 0.2) is 0 Å². The van der Waals surface area contributed by atoms with Crippen LogP contribution in [-0.2, 0) is 9.53 Å². The third kappa shape index (κ3) is 4.51. The standard InChI is InChI=1S/C9H14O4/c1-9(12,8(11)13-2)6-4-3-5-7-10/h10,12H,3,5,7H2,1-2H3. The van der Waals surface area contributed by atoms with Gasteiger partial charge in [0.2, 0.25) is 5.60 Å². The molecule has 0 rings (SSSR count). The predicted molar refractivity (Wildman–Crippen MR) is 46.7 cm³/mol. The highest BCUT2D eigenvalue weighted by Gasteiger charge is 2.28. The molecule has 0 fully saturated rings. The van der Waals surface area contributed by atoms with Gasteiger partial charge in [-0.2, -0.15) is 0 Å². The Morgan fingerprint density at radius 2 is 2.23 bits per heavy atom. The molecular formula is C9H14O4. The summed E-state index contributed by atoms with van der Waals surface area (Å²) in [6, 6.07) is 0. The SMILES string of the molecule is COC(=O)C(C)(O)C#CCCCO. The third-order valence-electron chi connectivity index (χ3n) is 1.37. The first-order chi connectivity index (χ1) is 6.04. The van der Waals surface area contributed by atoms with E-state index in [1.165, 1.54) is 14.0 Å². The lowest BCUT2D eigenvalue weighted by Gasteiger charge is -2.11. The Labute approximate surface area is 77.5 Å². The first-order valence-corrected chi connectivity index (χ1v) is 3.96. The topological polar surface area (TPSA) is 66.8 Å². The molecule has 2 N–H and O–H groups in total. The summed E-state index contributed by atoms with van der Waals surface area (Å²) >= 11 is 0. The van der Waals surface area contributed by atoms with Crippen LogP contribution in [0, 0.1) is 11.8 Å². The van der Waals surface area contributed by atoms with Crippen LogP contribution in [0.2, 0.25) is 0 Å². The maximum atomic E-state index is 10.9. The molecule has 1 unspecified atom stereocenters. The molecule has 0 aromatic heterocycles. The molecule has 0 saturated carbocycles. The number of carbonyl (C=O) groups excluding carboxylic acids is 1. The highest BCUT2D eigenvalue weighted by atomic mass is 16.5. The molecule has 1 atom stereocenters. The highest BCUT2D eigenvalue weighted by molar-refractivity contribution is 5.82. The molecule has 13 heavy (non-hydrogen) atoms. The number of ether oxygens (including phenoxy) is 1. The summed E-state index contributed by atoms with van der Waals surface area (Å²) in [5, 5.41) is 17.8. The summed E-state index contributed by atoms with van der Waals surface area (Å²) in [5.41, 5.74) is -1.75.